The quantitative estimate of drug-likeness (QED) is 0.305. The molecule has 0 saturated carbocycles. The molecule has 0 atom stereocenters. The van der Waals surface area contributed by atoms with Crippen molar-refractivity contribution >= 4 is 0 Å². The minimum atomic E-state index is 0. The van der Waals surface area contributed by atoms with Crippen molar-refractivity contribution in [3.05, 3.63) is 0 Å². The van der Waals surface area contributed by atoms with E-state index in [9.17, 15) is 0 Å². The van der Waals surface area contributed by atoms with Crippen LogP contribution in [0.4, 0.5) is 0 Å². The van der Waals surface area contributed by atoms with Gasteiger partial charge in [0.1, 0.15) is 0 Å². The fourth-order valence-corrected chi connectivity index (χ4v) is 0. The predicted molar refractivity (Wildman–Crippen MR) is 8.15 cm³/mol. The molecule has 0 aliphatic carbocycles. The van der Waals surface area contributed by atoms with Crippen LogP contribution in [0.5, 0.6) is 0 Å². The topological polar surface area (TPSA) is 23.1 Å². The van der Waals surface area contributed by atoms with Gasteiger partial charge in [0.15, 0.2) is 0 Å². The summed E-state index contributed by atoms with van der Waals surface area (Å²) in [6.07, 6.45) is 0. The van der Waals surface area contributed by atoms with Crippen LogP contribution in [-0.2, 0) is 16.5 Å². The maximum Gasteiger partial charge on any atom is 1.00 e. The molecular weight excluding hydrogens is 133 g/mol. The molecule has 0 spiro atoms. The number of hydrogen-bond acceptors (Lipinski definition) is 1. The van der Waals surface area contributed by atoms with Crippen molar-refractivity contribution in [3.63, 3.8) is 0 Å². The number of hydrogen-bond donors (Lipinski definition) is 0. The van der Waals surface area contributed by atoms with Gasteiger partial charge in [0.25, 0.3) is 0 Å². The van der Waals surface area contributed by atoms with Crippen molar-refractivity contribution < 1.29 is 83.6 Å². The van der Waals surface area contributed by atoms with E-state index in [0.717, 1.165) is 7.11 Å². The smallest absolute Gasteiger partial charge is 1.00 e. The standard InChI is InChI=1S/CH3O.2Na.Ni.2H/c1-2;;;;;/h1H3;;;;;/q-1;2*+1;;2*-1. The fourth-order valence-electron chi connectivity index (χ4n) is 0. The molecule has 0 amide bonds. The van der Waals surface area contributed by atoms with Gasteiger partial charge in [-0.2, -0.15) is 7.11 Å². The van der Waals surface area contributed by atoms with Gasteiger partial charge in [-0.15, -0.1) is 0 Å². The van der Waals surface area contributed by atoms with E-state index in [1.165, 1.54) is 0 Å². The van der Waals surface area contributed by atoms with Crippen LogP contribution in [-0.4, -0.2) is 7.11 Å². The van der Waals surface area contributed by atoms with Gasteiger partial charge in [0.2, 0.25) is 0 Å². The van der Waals surface area contributed by atoms with Gasteiger partial charge in [0, 0.05) is 16.5 Å². The zero-order chi connectivity index (χ0) is 2.00. The first kappa shape index (κ1) is 26.0. The molecule has 0 radical (unpaired) electrons. The third-order valence-electron chi connectivity index (χ3n) is 0. The normalized spacial score (nSPS) is 1.20. The van der Waals surface area contributed by atoms with E-state index in [-0.39, 0.29) is 78.5 Å². The molecule has 0 aromatic heterocycles. The molecular formula is CH5Na2NiO-. The first-order chi connectivity index (χ1) is 1.00. The summed E-state index contributed by atoms with van der Waals surface area (Å²) in [5.74, 6) is 0. The van der Waals surface area contributed by atoms with Gasteiger partial charge in [-0.3, -0.25) is 0 Å². The Bertz CT molecular complexity index is 15.7. The minimum absolute atomic E-state index is 0. The molecule has 0 aromatic carbocycles. The van der Waals surface area contributed by atoms with Crippen molar-refractivity contribution in [3.8, 4) is 0 Å². The summed E-state index contributed by atoms with van der Waals surface area (Å²) in [5.41, 5.74) is 0. The Labute approximate surface area is 89.4 Å². The van der Waals surface area contributed by atoms with Crippen LogP contribution < -0.4 is 64.2 Å². The van der Waals surface area contributed by atoms with E-state index in [1.807, 2.05) is 0 Å². The van der Waals surface area contributed by atoms with Gasteiger partial charge in [-0.25, -0.2) is 0 Å². The van der Waals surface area contributed by atoms with Crippen LogP contribution in [0, 0.1) is 0 Å². The molecule has 0 fully saturated rings. The van der Waals surface area contributed by atoms with Crippen molar-refractivity contribution in [2.24, 2.45) is 0 Å². The third kappa shape index (κ3) is 21.3. The molecule has 0 heterocycles. The van der Waals surface area contributed by atoms with E-state index < -0.39 is 0 Å². The molecule has 0 aliphatic heterocycles. The van der Waals surface area contributed by atoms with E-state index in [0.29, 0.717) is 0 Å². The van der Waals surface area contributed by atoms with Gasteiger partial charge in [0.05, 0.1) is 0 Å². The molecule has 4 heteroatoms. The summed E-state index contributed by atoms with van der Waals surface area (Å²) in [6.45, 7) is 0. The van der Waals surface area contributed by atoms with Crippen LogP contribution in [0.25, 0.3) is 0 Å². The second-order valence-corrected chi connectivity index (χ2v) is 0. The molecule has 0 aromatic rings. The second kappa shape index (κ2) is 31.9. The van der Waals surface area contributed by atoms with Crippen LogP contribution in [0.3, 0.4) is 0 Å². The summed E-state index contributed by atoms with van der Waals surface area (Å²) < 4.78 is 0. The van der Waals surface area contributed by atoms with Crippen LogP contribution in [0.2, 0.25) is 0 Å². The van der Waals surface area contributed by atoms with Crippen LogP contribution >= 0.6 is 0 Å². The SMILES string of the molecule is C[O-].[H-].[H-].[Na+].[Na+].[Ni]. The summed E-state index contributed by atoms with van der Waals surface area (Å²) in [5, 5.41) is 8.25. The molecule has 0 unspecified atom stereocenters. The zero-order valence-corrected chi connectivity index (χ0v) is 8.71. The Hall–Kier alpha value is 2.45. The Morgan fingerprint density at radius 2 is 1.20 bits per heavy atom. The van der Waals surface area contributed by atoms with Gasteiger partial charge in [-0.1, -0.05) is 0 Å². The molecule has 1 nitrogen and oxygen atoms in total. The molecule has 0 rings (SSSR count). The van der Waals surface area contributed by atoms with E-state index in [4.69, 9.17) is 5.11 Å². The first-order valence-electron chi connectivity index (χ1n) is 0.408. The molecule has 0 saturated heterocycles. The summed E-state index contributed by atoms with van der Waals surface area (Å²) in [4.78, 5) is 0. The fraction of sp³-hybridized carbons (Fsp3) is 1.00. The monoisotopic (exact) mass is 137 g/mol. The van der Waals surface area contributed by atoms with Gasteiger partial charge in [-0.05, 0) is 0 Å². The average molecular weight is 138 g/mol. The Morgan fingerprint density at radius 3 is 1.20 bits per heavy atom. The third-order valence-corrected chi connectivity index (χ3v) is 0. The van der Waals surface area contributed by atoms with Crippen molar-refractivity contribution in [1.29, 1.82) is 0 Å². The zero-order valence-electron chi connectivity index (χ0n) is 5.72. The minimum Gasteiger partial charge on any atom is -1.00 e. The molecule has 0 aliphatic rings. The largest absolute Gasteiger partial charge is 1.00 e. The van der Waals surface area contributed by atoms with Crippen molar-refractivity contribution in [1.82, 2.24) is 0 Å². The maximum absolute atomic E-state index is 8.25. The predicted octanol–water partition coefficient (Wildman–Crippen LogP) is -6.79. The van der Waals surface area contributed by atoms with Crippen LogP contribution in [0.1, 0.15) is 2.85 Å². The van der Waals surface area contributed by atoms with Gasteiger partial charge >= 0.3 is 59.1 Å². The Kier molecular flexibility index (Phi) is 166. The summed E-state index contributed by atoms with van der Waals surface area (Å²) in [6, 6.07) is 0. The van der Waals surface area contributed by atoms with E-state index in [2.05, 4.69) is 0 Å². The molecule has 0 N–H and O–H groups in total. The van der Waals surface area contributed by atoms with Crippen molar-refractivity contribution in [2.45, 2.75) is 0 Å². The molecule has 5 heavy (non-hydrogen) atoms. The summed E-state index contributed by atoms with van der Waals surface area (Å²) >= 11 is 0. The van der Waals surface area contributed by atoms with E-state index in [1.54, 1.807) is 0 Å². The van der Waals surface area contributed by atoms with E-state index >= 15 is 0 Å². The maximum atomic E-state index is 8.25. The molecule has 28 valence electrons. The second-order valence-electron chi connectivity index (χ2n) is 0. The van der Waals surface area contributed by atoms with Crippen LogP contribution in [0.15, 0.2) is 0 Å². The molecule has 0 bridgehead atoms. The number of rotatable bonds is 0. The Morgan fingerprint density at radius 1 is 1.20 bits per heavy atom. The van der Waals surface area contributed by atoms with Gasteiger partial charge < -0.3 is 7.96 Å². The first-order valence-corrected chi connectivity index (χ1v) is 0.408. The van der Waals surface area contributed by atoms with Crippen molar-refractivity contribution in [2.75, 3.05) is 7.11 Å². The Balaban J connectivity index is -0.000000000500. The summed E-state index contributed by atoms with van der Waals surface area (Å²) in [7, 11) is 0.750. The average Bonchev–Trinajstić information content (AvgIpc) is 1.00.